The predicted octanol–water partition coefficient (Wildman–Crippen LogP) is 1.89. The van der Waals surface area contributed by atoms with Crippen LogP contribution in [-0.4, -0.2) is 44.0 Å². The third-order valence-corrected chi connectivity index (χ3v) is 5.50. The van der Waals surface area contributed by atoms with Crippen LogP contribution in [0.15, 0.2) is 27.8 Å². The van der Waals surface area contributed by atoms with Gasteiger partial charge in [-0.25, -0.2) is 8.42 Å². The van der Waals surface area contributed by atoms with Gasteiger partial charge in [0.2, 0.25) is 10.0 Å². The largest absolute Gasteiger partial charge is 0.381 e. The van der Waals surface area contributed by atoms with E-state index in [0.717, 1.165) is 13.0 Å². The van der Waals surface area contributed by atoms with E-state index in [4.69, 9.17) is 4.74 Å². The zero-order valence-electron chi connectivity index (χ0n) is 10.8. The molecule has 0 spiro atoms. The first-order chi connectivity index (χ1) is 9.04. The molecule has 106 valence electrons. The van der Waals surface area contributed by atoms with Crippen LogP contribution in [0.2, 0.25) is 0 Å². The zero-order valence-corrected chi connectivity index (χ0v) is 13.2. The van der Waals surface area contributed by atoms with Crippen molar-refractivity contribution in [3.63, 3.8) is 0 Å². The van der Waals surface area contributed by atoms with Crippen LogP contribution < -0.4 is 0 Å². The van der Waals surface area contributed by atoms with Gasteiger partial charge in [0.1, 0.15) is 4.90 Å². The van der Waals surface area contributed by atoms with Crippen molar-refractivity contribution >= 4 is 26.0 Å². The van der Waals surface area contributed by atoms with Crippen molar-refractivity contribution in [1.82, 2.24) is 9.29 Å². The second kappa shape index (κ2) is 6.30. The van der Waals surface area contributed by atoms with Crippen LogP contribution in [0.3, 0.4) is 0 Å². The first-order valence-corrected chi connectivity index (χ1v) is 8.45. The minimum atomic E-state index is -3.48. The minimum absolute atomic E-state index is 0.225. The molecule has 0 aliphatic carbocycles. The molecule has 1 unspecified atom stereocenters. The van der Waals surface area contributed by atoms with E-state index >= 15 is 0 Å². The number of hydrogen-bond acceptors (Lipinski definition) is 4. The van der Waals surface area contributed by atoms with Gasteiger partial charge in [-0.05, 0) is 34.3 Å². The van der Waals surface area contributed by atoms with Gasteiger partial charge in [0.15, 0.2) is 0 Å². The Morgan fingerprint density at radius 1 is 1.53 bits per heavy atom. The molecular formula is C12H17BrN2O3S. The normalized spacial score (nSPS) is 20.1. The van der Waals surface area contributed by atoms with Crippen molar-refractivity contribution in [1.29, 1.82) is 0 Å². The third-order valence-electron chi connectivity index (χ3n) is 3.16. The van der Waals surface area contributed by atoms with Crippen LogP contribution in [0.1, 0.15) is 13.3 Å². The van der Waals surface area contributed by atoms with Crippen LogP contribution in [-0.2, 0) is 14.8 Å². The first kappa shape index (κ1) is 14.9. The summed E-state index contributed by atoms with van der Waals surface area (Å²) in [5.74, 6) is 0.287. The number of sulfonamides is 1. The predicted molar refractivity (Wildman–Crippen MR) is 75.3 cm³/mol. The summed E-state index contributed by atoms with van der Waals surface area (Å²) < 4.78 is 32.5. The molecule has 0 bridgehead atoms. The lowest BCUT2D eigenvalue weighted by molar-refractivity contribution is 0.181. The average molecular weight is 349 g/mol. The van der Waals surface area contributed by atoms with Crippen molar-refractivity contribution in [2.75, 3.05) is 26.3 Å². The quantitative estimate of drug-likeness (QED) is 0.815. The van der Waals surface area contributed by atoms with E-state index in [1.54, 1.807) is 12.3 Å². The maximum atomic E-state index is 12.5. The van der Waals surface area contributed by atoms with Crippen LogP contribution in [0.4, 0.5) is 0 Å². The van der Waals surface area contributed by atoms with Gasteiger partial charge in [-0.15, -0.1) is 0 Å². The van der Waals surface area contributed by atoms with E-state index in [9.17, 15) is 8.42 Å². The Morgan fingerprint density at radius 2 is 2.32 bits per heavy atom. The number of rotatable bonds is 5. The van der Waals surface area contributed by atoms with Gasteiger partial charge >= 0.3 is 0 Å². The van der Waals surface area contributed by atoms with Crippen molar-refractivity contribution in [3.05, 3.63) is 22.9 Å². The number of aromatic nitrogens is 1. The molecule has 0 radical (unpaired) electrons. The molecule has 1 atom stereocenters. The van der Waals surface area contributed by atoms with Crippen LogP contribution in [0.5, 0.6) is 0 Å². The molecule has 1 aliphatic rings. The molecule has 2 heterocycles. The molecule has 0 N–H and O–H groups in total. The second-order valence-electron chi connectivity index (χ2n) is 4.52. The SMILES string of the molecule is CCN(CC1CCOC1)S(=O)(=O)c1cncc(Br)c1. The summed E-state index contributed by atoms with van der Waals surface area (Å²) >= 11 is 3.25. The Balaban J connectivity index is 2.20. The lowest BCUT2D eigenvalue weighted by Gasteiger charge is -2.23. The molecule has 0 amide bonds. The Morgan fingerprint density at radius 3 is 2.89 bits per heavy atom. The average Bonchev–Trinajstić information content (AvgIpc) is 2.88. The molecule has 1 aliphatic heterocycles. The molecule has 0 aromatic carbocycles. The minimum Gasteiger partial charge on any atom is -0.381 e. The fourth-order valence-corrected chi connectivity index (χ4v) is 4.13. The van der Waals surface area contributed by atoms with Gasteiger partial charge in [0.25, 0.3) is 0 Å². The lowest BCUT2D eigenvalue weighted by atomic mass is 10.1. The fraction of sp³-hybridized carbons (Fsp3) is 0.583. The van der Waals surface area contributed by atoms with Crippen molar-refractivity contribution < 1.29 is 13.2 Å². The van der Waals surface area contributed by atoms with E-state index in [0.29, 0.717) is 24.2 Å². The van der Waals surface area contributed by atoms with Gasteiger partial charge in [-0.3, -0.25) is 4.98 Å². The fourth-order valence-electron chi connectivity index (χ4n) is 2.10. The van der Waals surface area contributed by atoms with E-state index in [2.05, 4.69) is 20.9 Å². The highest BCUT2D eigenvalue weighted by Gasteiger charge is 2.28. The van der Waals surface area contributed by atoms with Crippen molar-refractivity contribution in [3.8, 4) is 0 Å². The summed E-state index contributed by atoms with van der Waals surface area (Å²) in [7, 11) is -3.48. The molecule has 1 aromatic heterocycles. The van der Waals surface area contributed by atoms with E-state index in [1.165, 1.54) is 10.5 Å². The van der Waals surface area contributed by atoms with Gasteiger partial charge in [-0.2, -0.15) is 4.31 Å². The molecule has 2 rings (SSSR count). The Labute approximate surface area is 122 Å². The van der Waals surface area contributed by atoms with Gasteiger partial charge in [0, 0.05) is 36.6 Å². The number of ether oxygens (including phenoxy) is 1. The lowest BCUT2D eigenvalue weighted by Crippen LogP contribution is -2.35. The molecular weight excluding hydrogens is 332 g/mol. The standard InChI is InChI=1S/C12H17BrN2O3S/c1-2-15(8-10-3-4-18-9-10)19(16,17)12-5-11(13)6-14-7-12/h5-7,10H,2-4,8-9H2,1H3. The third kappa shape index (κ3) is 3.53. The topological polar surface area (TPSA) is 59.5 Å². The van der Waals surface area contributed by atoms with Crippen LogP contribution in [0, 0.1) is 5.92 Å². The highest BCUT2D eigenvalue weighted by Crippen LogP contribution is 2.21. The number of pyridine rings is 1. The number of nitrogens with zero attached hydrogens (tertiary/aromatic N) is 2. The maximum absolute atomic E-state index is 12.5. The number of halogens is 1. The Hall–Kier alpha value is -0.500. The van der Waals surface area contributed by atoms with Crippen molar-refractivity contribution in [2.24, 2.45) is 5.92 Å². The van der Waals surface area contributed by atoms with E-state index < -0.39 is 10.0 Å². The van der Waals surface area contributed by atoms with Crippen LogP contribution in [0.25, 0.3) is 0 Å². The molecule has 19 heavy (non-hydrogen) atoms. The molecule has 7 heteroatoms. The van der Waals surface area contributed by atoms with E-state index in [-0.39, 0.29) is 10.8 Å². The van der Waals surface area contributed by atoms with Crippen LogP contribution >= 0.6 is 15.9 Å². The highest BCUT2D eigenvalue weighted by atomic mass is 79.9. The maximum Gasteiger partial charge on any atom is 0.244 e. The van der Waals surface area contributed by atoms with Gasteiger partial charge in [0.05, 0.1) is 6.61 Å². The molecule has 1 aromatic rings. The summed E-state index contributed by atoms with van der Waals surface area (Å²) in [5, 5.41) is 0. The molecule has 0 saturated carbocycles. The smallest absolute Gasteiger partial charge is 0.244 e. The Kier molecular flexibility index (Phi) is 4.94. The molecule has 5 nitrogen and oxygen atoms in total. The summed E-state index contributed by atoms with van der Waals surface area (Å²) in [6, 6.07) is 1.58. The zero-order chi connectivity index (χ0) is 13.9. The number of hydrogen-bond donors (Lipinski definition) is 0. The summed E-state index contributed by atoms with van der Waals surface area (Å²) in [4.78, 5) is 4.15. The first-order valence-electron chi connectivity index (χ1n) is 6.22. The summed E-state index contributed by atoms with van der Waals surface area (Å²) in [6.45, 7) is 4.17. The van der Waals surface area contributed by atoms with E-state index in [1.807, 2.05) is 6.92 Å². The van der Waals surface area contributed by atoms with Crippen molar-refractivity contribution in [2.45, 2.75) is 18.2 Å². The second-order valence-corrected chi connectivity index (χ2v) is 7.38. The molecule has 1 fully saturated rings. The Bertz CT molecular complexity index is 530. The monoisotopic (exact) mass is 348 g/mol. The summed E-state index contributed by atoms with van der Waals surface area (Å²) in [5.41, 5.74) is 0. The van der Waals surface area contributed by atoms with Gasteiger partial charge in [-0.1, -0.05) is 6.92 Å². The molecule has 1 saturated heterocycles. The summed E-state index contributed by atoms with van der Waals surface area (Å²) in [6.07, 6.45) is 3.87. The highest BCUT2D eigenvalue weighted by molar-refractivity contribution is 9.10. The van der Waals surface area contributed by atoms with Gasteiger partial charge < -0.3 is 4.74 Å².